The van der Waals surface area contributed by atoms with Crippen molar-refractivity contribution in [3.05, 3.63) is 41.6 Å². The Kier molecular flexibility index (Phi) is 5.85. The Morgan fingerprint density at radius 3 is 2.32 bits per heavy atom. The number of nitrogens with two attached hydrogens (primary N) is 1. The summed E-state index contributed by atoms with van der Waals surface area (Å²) in [7, 11) is -4.11. The van der Waals surface area contributed by atoms with E-state index in [-0.39, 0.29) is 22.6 Å². The number of aromatic nitrogens is 2. The van der Waals surface area contributed by atoms with E-state index >= 15 is 0 Å². The molecule has 1 spiro atoms. The number of hydrogen-bond acceptors (Lipinski definition) is 7. The number of carbonyl (C=O) groups is 1. The molecule has 0 unspecified atom stereocenters. The summed E-state index contributed by atoms with van der Waals surface area (Å²) < 4.78 is 63.4. The average Bonchev–Trinajstić information content (AvgIpc) is 3.51. The number of amides is 1. The molecule has 2 aromatic heterocycles. The fourth-order valence-electron chi connectivity index (χ4n) is 3.98. The fraction of sp³-hybridized carbons (Fsp3) is 0.476. The van der Waals surface area contributed by atoms with Crippen LogP contribution in [0.3, 0.4) is 0 Å². The monoisotopic (exact) mass is 499 g/mol. The van der Waals surface area contributed by atoms with E-state index in [0.29, 0.717) is 20.0 Å². The van der Waals surface area contributed by atoms with Crippen LogP contribution in [-0.2, 0) is 15.6 Å². The maximum atomic E-state index is 13.4. The predicted molar refractivity (Wildman–Crippen MR) is 117 cm³/mol. The van der Waals surface area contributed by atoms with Crippen LogP contribution in [-0.4, -0.2) is 48.7 Å². The summed E-state index contributed by atoms with van der Waals surface area (Å²) in [4.78, 5) is 22.7. The van der Waals surface area contributed by atoms with Crippen molar-refractivity contribution in [2.75, 3.05) is 23.3 Å². The maximum absolute atomic E-state index is 13.4. The molecule has 13 heteroatoms. The number of hydrogen-bond donors (Lipinski definition) is 3. The van der Waals surface area contributed by atoms with Gasteiger partial charge in [-0.3, -0.25) is 4.79 Å². The van der Waals surface area contributed by atoms with E-state index in [1.807, 2.05) is 0 Å². The Morgan fingerprint density at radius 2 is 1.76 bits per heavy atom. The number of sulfonamides is 1. The zero-order chi connectivity index (χ0) is 24.9. The van der Waals surface area contributed by atoms with E-state index in [0.717, 1.165) is 43.9 Å². The highest BCUT2D eigenvalue weighted by atomic mass is 32.2. The Bertz CT molecular complexity index is 1220. The van der Waals surface area contributed by atoms with Crippen LogP contribution in [0.4, 0.5) is 24.8 Å². The number of aliphatic hydroxyl groups is 1. The van der Waals surface area contributed by atoms with Gasteiger partial charge in [-0.25, -0.2) is 23.5 Å². The highest BCUT2D eigenvalue weighted by Gasteiger charge is 2.53. The largest absolute Gasteiger partial charge is 0.422 e. The summed E-state index contributed by atoms with van der Waals surface area (Å²) >= 11 is 0. The topological polar surface area (TPSA) is 139 Å². The first-order valence-corrected chi connectivity index (χ1v) is 12.1. The number of pyridine rings is 2. The van der Waals surface area contributed by atoms with Gasteiger partial charge in [-0.05, 0) is 62.3 Å². The van der Waals surface area contributed by atoms with Crippen molar-refractivity contribution in [1.29, 1.82) is 0 Å². The Morgan fingerprint density at radius 1 is 1.12 bits per heavy atom. The van der Waals surface area contributed by atoms with Crippen molar-refractivity contribution in [3.63, 3.8) is 0 Å². The van der Waals surface area contributed by atoms with Crippen molar-refractivity contribution < 1.29 is 31.5 Å². The van der Waals surface area contributed by atoms with Gasteiger partial charge in [0.2, 0.25) is 0 Å². The molecule has 34 heavy (non-hydrogen) atoms. The van der Waals surface area contributed by atoms with E-state index in [4.69, 9.17) is 5.14 Å². The van der Waals surface area contributed by atoms with Crippen molar-refractivity contribution in [2.45, 2.75) is 49.4 Å². The second kappa shape index (κ2) is 8.17. The third kappa shape index (κ3) is 4.72. The molecule has 2 aromatic rings. The first-order valence-electron chi connectivity index (χ1n) is 10.6. The second-order valence-electron chi connectivity index (χ2n) is 8.98. The molecule has 2 aliphatic rings. The number of halogens is 3. The average molecular weight is 500 g/mol. The molecule has 4 N–H and O–H groups in total. The van der Waals surface area contributed by atoms with Crippen LogP contribution in [0, 0.1) is 5.41 Å². The highest BCUT2D eigenvalue weighted by molar-refractivity contribution is 7.89. The molecule has 184 valence electrons. The van der Waals surface area contributed by atoms with E-state index in [9.17, 15) is 31.5 Å². The number of rotatable bonds is 5. The molecule has 1 saturated carbocycles. The zero-order valence-electron chi connectivity index (χ0n) is 18.3. The molecule has 0 aromatic carbocycles. The fourth-order valence-corrected chi connectivity index (χ4v) is 4.47. The molecule has 1 atom stereocenters. The van der Waals surface area contributed by atoms with E-state index in [2.05, 4.69) is 15.3 Å². The van der Waals surface area contributed by atoms with Crippen molar-refractivity contribution >= 4 is 27.6 Å². The molecule has 9 nitrogen and oxygen atoms in total. The lowest BCUT2D eigenvalue weighted by Crippen LogP contribution is -2.41. The lowest BCUT2D eigenvalue weighted by Gasteiger charge is -2.35. The third-order valence-corrected chi connectivity index (χ3v) is 7.32. The van der Waals surface area contributed by atoms with Gasteiger partial charge in [0, 0.05) is 13.1 Å². The lowest BCUT2D eigenvalue weighted by atomic mass is 9.93. The minimum absolute atomic E-state index is 0.0117. The molecule has 1 amide bonds. The molecule has 1 aliphatic carbocycles. The molecule has 3 heterocycles. The molecule has 1 saturated heterocycles. The maximum Gasteiger partial charge on any atom is 0.422 e. The number of piperidine rings is 1. The van der Waals surface area contributed by atoms with Gasteiger partial charge in [-0.1, -0.05) is 6.07 Å². The van der Waals surface area contributed by atoms with E-state index < -0.39 is 38.4 Å². The lowest BCUT2D eigenvalue weighted by molar-refractivity contribution is -0.260. The summed E-state index contributed by atoms with van der Waals surface area (Å²) in [5.41, 5.74) is -3.61. The van der Waals surface area contributed by atoms with Crippen molar-refractivity contribution in [2.24, 2.45) is 10.6 Å². The number of carbonyl (C=O) groups excluding carboxylic acids is 1. The number of nitrogens with one attached hydrogen (secondary N) is 1. The van der Waals surface area contributed by atoms with Gasteiger partial charge in [0.05, 0.1) is 11.3 Å². The summed E-state index contributed by atoms with van der Waals surface area (Å²) in [5.74, 6) is -0.839. The van der Waals surface area contributed by atoms with Gasteiger partial charge in [0.15, 0.2) is 10.6 Å². The molecular weight excluding hydrogens is 475 g/mol. The highest BCUT2D eigenvalue weighted by Crippen LogP contribution is 2.54. The summed E-state index contributed by atoms with van der Waals surface area (Å²) in [5, 5.41) is 17.2. The van der Waals surface area contributed by atoms with Crippen molar-refractivity contribution in [1.82, 2.24) is 9.97 Å². The van der Waals surface area contributed by atoms with E-state index in [1.165, 1.54) is 12.1 Å². The normalized spacial score (nSPS) is 19.5. The molecule has 0 radical (unpaired) electrons. The molecular formula is C21H24F3N5O4S. The summed E-state index contributed by atoms with van der Waals surface area (Å²) in [6, 6.07) is 5.96. The van der Waals surface area contributed by atoms with Gasteiger partial charge in [0.1, 0.15) is 11.6 Å². The SMILES string of the molecule is C[C@](O)(c1ccc(C(=O)Nc2cccc(S(N)(=O)=O)n2)c(N2CCC3(CC2)CC3)n1)C(F)(F)F. The van der Waals surface area contributed by atoms with Gasteiger partial charge in [0.25, 0.3) is 15.9 Å². The molecule has 2 fully saturated rings. The Hall–Kier alpha value is -2.77. The van der Waals surface area contributed by atoms with Gasteiger partial charge in [-0.2, -0.15) is 13.2 Å². The quantitative estimate of drug-likeness (QED) is 0.575. The first kappa shape index (κ1) is 24.4. The number of primary sulfonamides is 1. The van der Waals surface area contributed by atoms with Gasteiger partial charge >= 0.3 is 6.18 Å². The molecule has 4 rings (SSSR count). The summed E-state index contributed by atoms with van der Waals surface area (Å²) in [6.45, 7) is 1.62. The Balaban J connectivity index is 1.69. The van der Waals surface area contributed by atoms with Crippen LogP contribution < -0.4 is 15.4 Å². The number of nitrogens with zero attached hydrogens (tertiary/aromatic N) is 3. The van der Waals surface area contributed by atoms with Crippen LogP contribution >= 0.6 is 0 Å². The third-order valence-electron chi connectivity index (χ3n) is 6.51. The van der Waals surface area contributed by atoms with E-state index in [1.54, 1.807) is 4.90 Å². The van der Waals surface area contributed by atoms with Crippen molar-refractivity contribution in [3.8, 4) is 0 Å². The zero-order valence-corrected chi connectivity index (χ0v) is 19.1. The van der Waals surface area contributed by atoms with Crippen LogP contribution in [0.1, 0.15) is 48.7 Å². The second-order valence-corrected chi connectivity index (χ2v) is 10.5. The molecule has 1 aliphatic heterocycles. The predicted octanol–water partition coefficient (Wildman–Crippen LogP) is 2.53. The smallest absolute Gasteiger partial charge is 0.375 e. The van der Waals surface area contributed by atoms with Crippen LogP contribution in [0.2, 0.25) is 0 Å². The van der Waals surface area contributed by atoms with Crippen LogP contribution in [0.5, 0.6) is 0 Å². The number of alkyl halides is 3. The van der Waals surface area contributed by atoms with Gasteiger partial charge in [-0.15, -0.1) is 0 Å². The molecule has 0 bridgehead atoms. The van der Waals surface area contributed by atoms with Gasteiger partial charge < -0.3 is 15.3 Å². The number of anilines is 2. The van der Waals surface area contributed by atoms with Crippen LogP contribution in [0.25, 0.3) is 0 Å². The standard InChI is InChI=1S/C21H24F3N5O4S/c1-19(31,21(22,23)24)14-6-5-13(17(26-14)29-11-9-20(7-8-20)10-12-29)18(30)28-15-3-2-4-16(27-15)34(25,32)33/h2-6,31H,7-12H2,1H3,(H2,25,32,33)(H,27,28,30)/t19-/m0/s1. The Labute approximate surface area is 194 Å². The minimum Gasteiger partial charge on any atom is -0.375 e. The van der Waals surface area contributed by atoms with Crippen LogP contribution in [0.15, 0.2) is 35.4 Å². The summed E-state index contributed by atoms with van der Waals surface area (Å²) in [6.07, 6.45) is -1.10. The first-order chi connectivity index (χ1) is 15.7. The minimum atomic E-state index is -4.97.